The van der Waals surface area contributed by atoms with Gasteiger partial charge in [-0.05, 0) is 31.7 Å². The van der Waals surface area contributed by atoms with E-state index in [1.54, 1.807) is 0 Å². The molecule has 1 unspecified atom stereocenters. The van der Waals surface area contributed by atoms with Crippen molar-refractivity contribution in [1.82, 2.24) is 4.90 Å². The highest BCUT2D eigenvalue weighted by atomic mass is 15.2. The molecule has 0 bridgehead atoms. The van der Waals surface area contributed by atoms with E-state index in [0.717, 1.165) is 25.3 Å². The Morgan fingerprint density at radius 3 is 2.77 bits per heavy atom. The van der Waals surface area contributed by atoms with Crippen LogP contribution in [0, 0.1) is 22.7 Å². The van der Waals surface area contributed by atoms with Crippen LogP contribution in [-0.2, 0) is 0 Å². The van der Waals surface area contributed by atoms with Gasteiger partial charge in [0.2, 0.25) is 0 Å². The molecule has 0 N–H and O–H groups in total. The van der Waals surface area contributed by atoms with Gasteiger partial charge in [-0.1, -0.05) is 13.3 Å². The van der Waals surface area contributed by atoms with Gasteiger partial charge in [-0.25, -0.2) is 0 Å². The lowest BCUT2D eigenvalue weighted by Gasteiger charge is -2.18. The van der Waals surface area contributed by atoms with Crippen molar-refractivity contribution in [3.05, 3.63) is 0 Å². The fourth-order valence-corrected chi connectivity index (χ4v) is 2.27. The summed E-state index contributed by atoms with van der Waals surface area (Å²) in [5.41, 5.74) is 0.0721. The zero-order valence-electron chi connectivity index (χ0n) is 8.42. The highest BCUT2D eigenvalue weighted by Gasteiger charge is 2.45. The maximum absolute atomic E-state index is 8.96. The lowest BCUT2D eigenvalue weighted by Crippen LogP contribution is -2.27. The first-order valence-electron chi connectivity index (χ1n) is 5.41. The number of nitrogens with zero attached hydrogens (tertiary/aromatic N) is 2. The monoisotopic (exact) mass is 178 g/mol. The van der Waals surface area contributed by atoms with E-state index < -0.39 is 0 Å². The Morgan fingerprint density at radius 2 is 2.31 bits per heavy atom. The molecule has 72 valence electrons. The summed E-state index contributed by atoms with van der Waals surface area (Å²) in [4.78, 5) is 2.49. The summed E-state index contributed by atoms with van der Waals surface area (Å²) in [6.07, 6.45) is 4.92. The first-order valence-corrected chi connectivity index (χ1v) is 5.41. The van der Waals surface area contributed by atoms with Gasteiger partial charge >= 0.3 is 0 Å². The number of hydrogen-bond acceptors (Lipinski definition) is 2. The molecule has 0 aromatic rings. The summed E-state index contributed by atoms with van der Waals surface area (Å²) < 4.78 is 0. The SMILES string of the molecule is CCC1CCN(CC2(C#N)CC2)C1. The van der Waals surface area contributed by atoms with Crippen LogP contribution in [0.3, 0.4) is 0 Å². The molecule has 1 aliphatic carbocycles. The Kier molecular flexibility index (Phi) is 2.29. The molecule has 1 heterocycles. The second-order valence-corrected chi connectivity index (χ2v) is 4.69. The highest BCUT2D eigenvalue weighted by Crippen LogP contribution is 2.46. The molecule has 0 radical (unpaired) electrons. The van der Waals surface area contributed by atoms with Gasteiger partial charge in [0, 0.05) is 13.1 Å². The van der Waals surface area contributed by atoms with Crippen molar-refractivity contribution in [3.8, 4) is 6.07 Å². The maximum atomic E-state index is 8.96. The summed E-state index contributed by atoms with van der Waals surface area (Å²) in [5, 5.41) is 8.96. The van der Waals surface area contributed by atoms with Crippen molar-refractivity contribution in [2.75, 3.05) is 19.6 Å². The fraction of sp³-hybridized carbons (Fsp3) is 0.909. The normalized spacial score (nSPS) is 31.5. The average molecular weight is 178 g/mol. The van der Waals surface area contributed by atoms with Crippen LogP contribution >= 0.6 is 0 Å². The lowest BCUT2D eigenvalue weighted by atomic mass is 10.1. The molecule has 0 spiro atoms. The molecule has 2 rings (SSSR count). The minimum atomic E-state index is 0.0721. The van der Waals surface area contributed by atoms with Crippen molar-refractivity contribution < 1.29 is 0 Å². The Balaban J connectivity index is 1.81. The molecule has 1 saturated carbocycles. The van der Waals surface area contributed by atoms with Gasteiger partial charge in [0.1, 0.15) is 0 Å². The maximum Gasteiger partial charge on any atom is 0.0703 e. The van der Waals surface area contributed by atoms with Gasteiger partial charge in [0.15, 0.2) is 0 Å². The van der Waals surface area contributed by atoms with Gasteiger partial charge in [-0.15, -0.1) is 0 Å². The van der Waals surface area contributed by atoms with E-state index in [1.165, 1.54) is 25.9 Å². The van der Waals surface area contributed by atoms with E-state index in [4.69, 9.17) is 5.26 Å². The third-order valence-corrected chi connectivity index (χ3v) is 3.56. The molecule has 1 saturated heterocycles. The highest BCUT2D eigenvalue weighted by molar-refractivity contribution is 5.11. The molecule has 2 nitrogen and oxygen atoms in total. The molecule has 1 atom stereocenters. The van der Waals surface area contributed by atoms with Crippen LogP contribution in [0.15, 0.2) is 0 Å². The molecule has 0 amide bonds. The van der Waals surface area contributed by atoms with Crippen LogP contribution in [0.4, 0.5) is 0 Å². The largest absolute Gasteiger partial charge is 0.301 e. The van der Waals surface area contributed by atoms with Crippen LogP contribution in [0.25, 0.3) is 0 Å². The summed E-state index contributed by atoms with van der Waals surface area (Å²) in [5.74, 6) is 0.898. The molecule has 0 aromatic heterocycles. The first kappa shape index (κ1) is 9.02. The second-order valence-electron chi connectivity index (χ2n) is 4.69. The number of likely N-dealkylation sites (tertiary alicyclic amines) is 1. The van der Waals surface area contributed by atoms with Gasteiger partial charge < -0.3 is 4.90 Å². The zero-order chi connectivity index (χ0) is 9.31. The molecule has 0 aromatic carbocycles. The van der Waals surface area contributed by atoms with E-state index in [1.807, 2.05) is 0 Å². The molecule has 2 heteroatoms. The second kappa shape index (κ2) is 3.31. The number of nitriles is 1. The van der Waals surface area contributed by atoms with Crippen LogP contribution in [0.5, 0.6) is 0 Å². The predicted molar refractivity (Wildman–Crippen MR) is 52.1 cm³/mol. The van der Waals surface area contributed by atoms with Gasteiger partial charge in [-0.3, -0.25) is 0 Å². The average Bonchev–Trinajstić information content (AvgIpc) is 2.77. The third kappa shape index (κ3) is 1.86. The van der Waals surface area contributed by atoms with Crippen LogP contribution < -0.4 is 0 Å². The lowest BCUT2D eigenvalue weighted by molar-refractivity contribution is 0.284. The van der Waals surface area contributed by atoms with E-state index in [9.17, 15) is 0 Å². The van der Waals surface area contributed by atoms with Crippen LogP contribution in [-0.4, -0.2) is 24.5 Å². The standard InChI is InChI=1S/C11H18N2/c1-2-10-3-6-13(7-10)9-11(8-12)4-5-11/h10H,2-7,9H2,1H3. The van der Waals surface area contributed by atoms with Gasteiger partial charge in [0.05, 0.1) is 11.5 Å². The van der Waals surface area contributed by atoms with Crippen molar-refractivity contribution in [1.29, 1.82) is 5.26 Å². The minimum absolute atomic E-state index is 0.0721. The van der Waals surface area contributed by atoms with Crippen molar-refractivity contribution in [3.63, 3.8) is 0 Å². The molecule has 2 aliphatic rings. The molecule has 2 fully saturated rings. The fourth-order valence-electron chi connectivity index (χ4n) is 2.27. The summed E-state index contributed by atoms with van der Waals surface area (Å²) in [6.45, 7) is 5.77. The summed E-state index contributed by atoms with van der Waals surface area (Å²) >= 11 is 0. The van der Waals surface area contributed by atoms with E-state index in [-0.39, 0.29) is 5.41 Å². The van der Waals surface area contributed by atoms with Crippen LogP contribution in [0.2, 0.25) is 0 Å². The Morgan fingerprint density at radius 1 is 1.54 bits per heavy atom. The molecule has 1 aliphatic heterocycles. The molecular weight excluding hydrogens is 160 g/mol. The van der Waals surface area contributed by atoms with Crippen LogP contribution in [0.1, 0.15) is 32.6 Å². The Hall–Kier alpha value is -0.550. The molecule has 13 heavy (non-hydrogen) atoms. The number of hydrogen-bond donors (Lipinski definition) is 0. The van der Waals surface area contributed by atoms with E-state index in [2.05, 4.69) is 17.9 Å². The third-order valence-electron chi connectivity index (χ3n) is 3.56. The quantitative estimate of drug-likeness (QED) is 0.661. The first-order chi connectivity index (χ1) is 6.28. The molecular formula is C11H18N2. The Labute approximate surface area is 80.5 Å². The smallest absolute Gasteiger partial charge is 0.0703 e. The van der Waals surface area contributed by atoms with Gasteiger partial charge in [-0.2, -0.15) is 5.26 Å². The minimum Gasteiger partial charge on any atom is -0.301 e. The summed E-state index contributed by atoms with van der Waals surface area (Å²) in [7, 11) is 0. The topological polar surface area (TPSA) is 27.0 Å². The van der Waals surface area contributed by atoms with E-state index in [0.29, 0.717) is 0 Å². The predicted octanol–water partition coefficient (Wildman–Crippen LogP) is 2.02. The van der Waals surface area contributed by atoms with Crippen molar-refractivity contribution in [2.24, 2.45) is 11.3 Å². The summed E-state index contributed by atoms with van der Waals surface area (Å²) in [6, 6.07) is 2.47. The van der Waals surface area contributed by atoms with Crippen molar-refractivity contribution >= 4 is 0 Å². The number of rotatable bonds is 3. The van der Waals surface area contributed by atoms with Crippen molar-refractivity contribution in [2.45, 2.75) is 32.6 Å². The van der Waals surface area contributed by atoms with Gasteiger partial charge in [0.25, 0.3) is 0 Å². The zero-order valence-corrected chi connectivity index (χ0v) is 8.42. The Bertz CT molecular complexity index is 225. The van der Waals surface area contributed by atoms with E-state index >= 15 is 0 Å².